The fourth-order valence-corrected chi connectivity index (χ4v) is 6.86. The van der Waals surface area contributed by atoms with E-state index in [-0.39, 0.29) is 22.6 Å². The van der Waals surface area contributed by atoms with Crippen molar-refractivity contribution >= 4 is 42.6 Å². The summed E-state index contributed by atoms with van der Waals surface area (Å²) >= 11 is 1.46. The van der Waals surface area contributed by atoms with Gasteiger partial charge in [0.25, 0.3) is 5.91 Å². The number of para-hydroxylation sites is 1. The number of benzene rings is 3. The van der Waals surface area contributed by atoms with Crippen molar-refractivity contribution in [2.75, 3.05) is 18.0 Å². The minimum atomic E-state index is -3.67. The predicted octanol–water partition coefficient (Wildman–Crippen LogP) is 6.45. The zero-order valence-corrected chi connectivity index (χ0v) is 23.3. The number of aromatic nitrogens is 1. The van der Waals surface area contributed by atoms with Crippen LogP contribution in [-0.2, 0) is 16.6 Å². The van der Waals surface area contributed by atoms with Crippen molar-refractivity contribution < 1.29 is 13.2 Å². The number of fused-ring (bicyclic) bond motifs is 1. The molecule has 4 rings (SSSR count). The quantitative estimate of drug-likeness (QED) is 0.234. The molecule has 1 aromatic heterocycles. The fraction of sp³-hybridized carbons (Fsp3) is 0.310. The largest absolute Gasteiger partial charge is 0.279 e. The summed E-state index contributed by atoms with van der Waals surface area (Å²) in [7, 11) is -3.67. The summed E-state index contributed by atoms with van der Waals surface area (Å²) in [6, 6.07) is 23.8. The highest BCUT2D eigenvalue weighted by Gasteiger charge is 2.27. The smallest absolute Gasteiger partial charge is 0.260 e. The van der Waals surface area contributed by atoms with Gasteiger partial charge in [-0.05, 0) is 53.8 Å². The molecule has 0 saturated carbocycles. The van der Waals surface area contributed by atoms with Crippen LogP contribution in [0, 0.1) is 11.8 Å². The Morgan fingerprint density at radius 2 is 1.43 bits per heavy atom. The Morgan fingerprint density at radius 1 is 0.838 bits per heavy atom. The minimum absolute atomic E-state index is 0.194. The number of hydrogen-bond donors (Lipinski definition) is 0. The maximum absolute atomic E-state index is 13.7. The molecule has 1 heterocycles. The van der Waals surface area contributed by atoms with E-state index in [1.807, 2.05) is 82.3 Å². The van der Waals surface area contributed by atoms with Gasteiger partial charge in [-0.2, -0.15) is 4.31 Å². The highest BCUT2D eigenvalue weighted by molar-refractivity contribution is 7.89. The van der Waals surface area contributed by atoms with Crippen LogP contribution in [0.3, 0.4) is 0 Å². The van der Waals surface area contributed by atoms with E-state index in [4.69, 9.17) is 4.98 Å². The number of rotatable bonds is 10. The van der Waals surface area contributed by atoms with E-state index in [2.05, 4.69) is 0 Å². The summed E-state index contributed by atoms with van der Waals surface area (Å²) in [6.45, 7) is 9.29. The molecule has 0 atom stereocenters. The Bertz CT molecular complexity index is 1400. The van der Waals surface area contributed by atoms with Gasteiger partial charge in [-0.1, -0.05) is 81.5 Å². The zero-order chi connectivity index (χ0) is 26.6. The van der Waals surface area contributed by atoms with Gasteiger partial charge in [0.15, 0.2) is 5.13 Å². The Balaban J connectivity index is 1.65. The molecule has 8 heteroatoms. The molecule has 0 bridgehead atoms. The number of anilines is 1. The van der Waals surface area contributed by atoms with Gasteiger partial charge in [0.05, 0.1) is 21.7 Å². The van der Waals surface area contributed by atoms with Crippen LogP contribution in [0.4, 0.5) is 5.13 Å². The standard InChI is InChI=1S/C29H33N3O3S2/c1-21(2)18-31(19-22(3)4)37(34,35)25-16-14-24(15-17-25)28(33)32(20-23-10-6-5-7-11-23)29-30-26-12-8-9-13-27(26)36-29/h5-17,21-22H,18-20H2,1-4H3. The molecule has 3 aromatic carbocycles. The lowest BCUT2D eigenvalue weighted by molar-refractivity contribution is 0.0985. The number of carbonyl (C=O) groups is 1. The second-order valence-electron chi connectivity index (χ2n) is 9.98. The summed E-state index contributed by atoms with van der Waals surface area (Å²) in [6.07, 6.45) is 0. The highest BCUT2D eigenvalue weighted by atomic mass is 32.2. The monoisotopic (exact) mass is 535 g/mol. The molecule has 0 radical (unpaired) electrons. The van der Waals surface area contributed by atoms with E-state index < -0.39 is 10.0 Å². The molecule has 4 aromatic rings. The lowest BCUT2D eigenvalue weighted by atomic mass is 10.1. The SMILES string of the molecule is CC(C)CN(CC(C)C)S(=O)(=O)c1ccc(C(=O)N(Cc2ccccc2)c2nc3ccccc3s2)cc1. The van der Waals surface area contributed by atoms with Gasteiger partial charge < -0.3 is 0 Å². The van der Waals surface area contributed by atoms with Crippen molar-refractivity contribution in [3.63, 3.8) is 0 Å². The van der Waals surface area contributed by atoms with Crippen molar-refractivity contribution in [2.24, 2.45) is 11.8 Å². The molecule has 6 nitrogen and oxygen atoms in total. The fourth-order valence-electron chi connectivity index (χ4n) is 4.13. The van der Waals surface area contributed by atoms with Crippen LogP contribution in [0.15, 0.2) is 83.8 Å². The van der Waals surface area contributed by atoms with Crippen molar-refractivity contribution in [1.29, 1.82) is 0 Å². The van der Waals surface area contributed by atoms with Crippen LogP contribution in [-0.4, -0.2) is 36.7 Å². The van der Waals surface area contributed by atoms with Gasteiger partial charge in [0.1, 0.15) is 0 Å². The third kappa shape index (κ3) is 6.44. The topological polar surface area (TPSA) is 70.6 Å². The van der Waals surface area contributed by atoms with E-state index >= 15 is 0 Å². The molecule has 37 heavy (non-hydrogen) atoms. The minimum Gasteiger partial charge on any atom is -0.279 e. The molecule has 0 aliphatic rings. The van der Waals surface area contributed by atoms with E-state index in [1.54, 1.807) is 21.3 Å². The van der Waals surface area contributed by atoms with Crippen LogP contribution in [0.1, 0.15) is 43.6 Å². The van der Waals surface area contributed by atoms with Gasteiger partial charge in [0, 0.05) is 18.7 Å². The molecule has 194 valence electrons. The normalized spacial score (nSPS) is 12.1. The number of nitrogens with zero attached hydrogens (tertiary/aromatic N) is 3. The van der Waals surface area contributed by atoms with Crippen LogP contribution < -0.4 is 4.90 Å². The van der Waals surface area contributed by atoms with Crippen LogP contribution in [0.5, 0.6) is 0 Å². The van der Waals surface area contributed by atoms with Crippen LogP contribution in [0.2, 0.25) is 0 Å². The molecule has 0 aliphatic carbocycles. The first kappa shape index (κ1) is 27.0. The van der Waals surface area contributed by atoms with Gasteiger partial charge >= 0.3 is 0 Å². The maximum atomic E-state index is 13.7. The second kappa shape index (κ2) is 11.5. The number of thiazole rings is 1. The summed E-state index contributed by atoms with van der Waals surface area (Å²) < 4.78 is 29.3. The number of sulfonamides is 1. The molecule has 0 spiro atoms. The molecular weight excluding hydrogens is 502 g/mol. The van der Waals surface area contributed by atoms with Crippen LogP contribution >= 0.6 is 11.3 Å². The average molecular weight is 536 g/mol. The number of amides is 1. The number of hydrogen-bond acceptors (Lipinski definition) is 5. The zero-order valence-electron chi connectivity index (χ0n) is 21.7. The lowest BCUT2D eigenvalue weighted by Crippen LogP contribution is -2.37. The van der Waals surface area contributed by atoms with E-state index in [0.29, 0.717) is 30.3 Å². The van der Waals surface area contributed by atoms with E-state index in [0.717, 1.165) is 15.8 Å². The number of carbonyl (C=O) groups excluding carboxylic acids is 1. The van der Waals surface area contributed by atoms with E-state index in [9.17, 15) is 13.2 Å². The highest BCUT2D eigenvalue weighted by Crippen LogP contribution is 2.31. The Morgan fingerprint density at radius 3 is 2.03 bits per heavy atom. The summed E-state index contributed by atoms with van der Waals surface area (Å²) in [5.41, 5.74) is 2.23. The van der Waals surface area contributed by atoms with Gasteiger partial charge in [-0.25, -0.2) is 13.4 Å². The molecular formula is C29H33N3O3S2. The van der Waals surface area contributed by atoms with Gasteiger partial charge in [0.2, 0.25) is 10.0 Å². The molecule has 0 fully saturated rings. The average Bonchev–Trinajstić information content (AvgIpc) is 3.31. The Labute approximate surface area is 223 Å². The summed E-state index contributed by atoms with van der Waals surface area (Å²) in [5.74, 6) is 0.178. The van der Waals surface area contributed by atoms with Crippen molar-refractivity contribution in [3.05, 3.63) is 90.0 Å². The second-order valence-corrected chi connectivity index (χ2v) is 12.9. The van der Waals surface area contributed by atoms with Crippen molar-refractivity contribution in [3.8, 4) is 0 Å². The van der Waals surface area contributed by atoms with E-state index in [1.165, 1.54) is 23.5 Å². The Hall–Kier alpha value is -3.07. The van der Waals surface area contributed by atoms with Crippen molar-refractivity contribution in [2.45, 2.75) is 39.1 Å². The third-order valence-electron chi connectivity index (χ3n) is 5.82. The third-order valence-corrected chi connectivity index (χ3v) is 8.72. The maximum Gasteiger partial charge on any atom is 0.260 e. The molecule has 0 saturated heterocycles. The first-order chi connectivity index (χ1) is 17.6. The first-order valence-corrected chi connectivity index (χ1v) is 14.7. The lowest BCUT2D eigenvalue weighted by Gasteiger charge is -2.26. The summed E-state index contributed by atoms with van der Waals surface area (Å²) in [5, 5.41) is 0.604. The van der Waals surface area contributed by atoms with Crippen LogP contribution in [0.25, 0.3) is 10.2 Å². The Kier molecular flexibility index (Phi) is 8.42. The van der Waals surface area contributed by atoms with Gasteiger partial charge in [-0.3, -0.25) is 9.69 Å². The predicted molar refractivity (Wildman–Crippen MR) is 151 cm³/mol. The molecule has 1 amide bonds. The molecule has 0 aliphatic heterocycles. The molecule has 0 N–H and O–H groups in total. The van der Waals surface area contributed by atoms with Crippen molar-refractivity contribution in [1.82, 2.24) is 9.29 Å². The molecule has 0 unspecified atom stereocenters. The first-order valence-electron chi connectivity index (χ1n) is 12.5. The summed E-state index contributed by atoms with van der Waals surface area (Å²) in [4.78, 5) is 20.3. The van der Waals surface area contributed by atoms with Gasteiger partial charge in [-0.15, -0.1) is 0 Å².